The number of aromatic nitrogens is 1. The first-order valence-corrected chi connectivity index (χ1v) is 8.26. The molecule has 0 saturated carbocycles. The number of nitrogens with one attached hydrogen (secondary N) is 1. The maximum atomic E-state index is 12.3. The lowest BCUT2D eigenvalue weighted by molar-refractivity contribution is -0.0639. The Balaban J connectivity index is 1.86. The number of fused-ring (bicyclic) bond motifs is 1. The zero-order chi connectivity index (χ0) is 17.3. The summed E-state index contributed by atoms with van der Waals surface area (Å²) < 4.78 is 10.7. The van der Waals surface area contributed by atoms with Crippen molar-refractivity contribution in [1.82, 2.24) is 9.88 Å². The first kappa shape index (κ1) is 17.2. The van der Waals surface area contributed by atoms with Crippen LogP contribution in [0.4, 0.5) is 0 Å². The van der Waals surface area contributed by atoms with Crippen molar-refractivity contribution in [2.75, 3.05) is 26.3 Å². The van der Waals surface area contributed by atoms with Crippen molar-refractivity contribution >= 4 is 40.1 Å². The fraction of sp³-hybridized carbons (Fsp3) is 0.375. The van der Waals surface area contributed by atoms with Crippen LogP contribution in [0.15, 0.2) is 23.0 Å². The molecule has 2 heterocycles. The molecule has 1 saturated heterocycles. The van der Waals surface area contributed by atoms with Crippen molar-refractivity contribution in [3.63, 3.8) is 0 Å². The smallest absolute Gasteiger partial charge is 0.356 e. The molecule has 24 heavy (non-hydrogen) atoms. The van der Waals surface area contributed by atoms with Crippen molar-refractivity contribution in [3.8, 4) is 0 Å². The zero-order valence-electron chi connectivity index (χ0n) is 13.0. The molecule has 128 valence electrons. The van der Waals surface area contributed by atoms with Crippen LogP contribution in [0.25, 0.3) is 10.9 Å². The minimum atomic E-state index is -0.607. The minimum absolute atomic E-state index is 0.0611. The van der Waals surface area contributed by atoms with E-state index < -0.39 is 12.2 Å². The second-order valence-corrected chi connectivity index (χ2v) is 6.35. The summed E-state index contributed by atoms with van der Waals surface area (Å²) in [6.45, 7) is 4.37. The number of hydrogen-bond acceptors (Lipinski definition) is 5. The summed E-state index contributed by atoms with van der Waals surface area (Å²) in [4.78, 5) is 29.5. The second kappa shape index (κ2) is 7.11. The Morgan fingerprint density at radius 3 is 2.71 bits per heavy atom. The van der Waals surface area contributed by atoms with E-state index in [0.717, 1.165) is 0 Å². The number of carbonyl (C=O) groups excluding carboxylic acids is 1. The molecular weight excluding hydrogens is 355 g/mol. The Kier molecular flexibility index (Phi) is 5.10. The lowest BCUT2D eigenvalue weighted by Crippen LogP contribution is -2.44. The summed E-state index contributed by atoms with van der Waals surface area (Å²) in [5.41, 5.74) is 0.0910. The molecule has 1 aliphatic rings. The quantitative estimate of drug-likeness (QED) is 0.840. The molecule has 2 aromatic rings. The van der Waals surface area contributed by atoms with Gasteiger partial charge < -0.3 is 14.5 Å². The van der Waals surface area contributed by atoms with Crippen LogP contribution < -0.4 is 5.43 Å². The number of aromatic amines is 1. The summed E-state index contributed by atoms with van der Waals surface area (Å²) in [5, 5.41) is 0.898. The highest BCUT2D eigenvalue weighted by Crippen LogP contribution is 2.24. The lowest BCUT2D eigenvalue weighted by Gasteiger charge is -2.31. The average Bonchev–Trinajstić information content (AvgIpc) is 2.54. The van der Waals surface area contributed by atoms with Gasteiger partial charge >= 0.3 is 5.97 Å². The summed E-state index contributed by atoms with van der Waals surface area (Å²) in [7, 11) is 0. The van der Waals surface area contributed by atoms with Gasteiger partial charge in [-0.05, 0) is 19.1 Å². The third-order valence-electron chi connectivity index (χ3n) is 3.90. The van der Waals surface area contributed by atoms with Gasteiger partial charge in [0.25, 0.3) is 0 Å². The number of carbonyl (C=O) groups is 1. The molecule has 6 nitrogen and oxygen atoms in total. The predicted octanol–water partition coefficient (Wildman–Crippen LogP) is 2.67. The number of ether oxygens (including phenoxy) is 2. The molecule has 0 amide bonds. The van der Waals surface area contributed by atoms with Gasteiger partial charge in [-0.15, -0.1) is 0 Å². The number of pyridine rings is 1. The summed E-state index contributed by atoms with van der Waals surface area (Å²) >= 11 is 12.0. The number of esters is 1. The molecule has 0 aliphatic carbocycles. The molecule has 0 bridgehead atoms. The van der Waals surface area contributed by atoms with Gasteiger partial charge in [0.2, 0.25) is 0 Å². The van der Waals surface area contributed by atoms with Gasteiger partial charge in [0.1, 0.15) is 5.69 Å². The molecule has 1 aliphatic heterocycles. The Morgan fingerprint density at radius 2 is 2.00 bits per heavy atom. The van der Waals surface area contributed by atoms with Gasteiger partial charge in [0.15, 0.2) is 11.7 Å². The fourth-order valence-corrected chi connectivity index (χ4v) is 3.24. The van der Waals surface area contributed by atoms with Crippen molar-refractivity contribution < 1.29 is 14.3 Å². The van der Waals surface area contributed by atoms with Crippen LogP contribution in [0.5, 0.6) is 0 Å². The highest BCUT2D eigenvalue weighted by atomic mass is 35.5. The molecule has 1 aromatic carbocycles. The van der Waals surface area contributed by atoms with E-state index in [-0.39, 0.29) is 16.1 Å². The molecule has 0 spiro atoms. The number of halogens is 2. The van der Waals surface area contributed by atoms with Crippen molar-refractivity contribution in [1.29, 1.82) is 0 Å². The van der Waals surface area contributed by atoms with Crippen molar-refractivity contribution in [3.05, 3.63) is 44.2 Å². The summed E-state index contributed by atoms with van der Waals surface area (Å²) in [6, 6.07) is 4.22. The van der Waals surface area contributed by atoms with Gasteiger partial charge in [-0.25, -0.2) is 4.79 Å². The molecule has 8 heteroatoms. The van der Waals surface area contributed by atoms with Crippen molar-refractivity contribution in [2.24, 2.45) is 0 Å². The number of rotatable bonds is 3. The zero-order valence-corrected chi connectivity index (χ0v) is 14.5. The van der Waals surface area contributed by atoms with E-state index in [9.17, 15) is 9.59 Å². The number of benzene rings is 1. The van der Waals surface area contributed by atoms with Gasteiger partial charge in [-0.1, -0.05) is 23.2 Å². The highest BCUT2D eigenvalue weighted by molar-refractivity contribution is 6.38. The van der Waals surface area contributed by atoms with Crippen LogP contribution in [0.3, 0.4) is 0 Å². The first-order chi connectivity index (χ1) is 11.5. The van der Waals surface area contributed by atoms with Gasteiger partial charge in [0.05, 0.1) is 29.1 Å². The number of morpholine rings is 1. The van der Waals surface area contributed by atoms with Crippen LogP contribution >= 0.6 is 23.2 Å². The van der Waals surface area contributed by atoms with Crippen LogP contribution in [0.2, 0.25) is 10.0 Å². The molecule has 1 N–H and O–H groups in total. The van der Waals surface area contributed by atoms with Crippen LogP contribution in [0.1, 0.15) is 17.4 Å². The Bertz CT molecular complexity index is 831. The van der Waals surface area contributed by atoms with E-state index in [1.165, 1.54) is 12.1 Å². The van der Waals surface area contributed by atoms with Gasteiger partial charge in [-0.2, -0.15) is 0 Å². The van der Waals surface area contributed by atoms with Crippen LogP contribution in [-0.2, 0) is 9.47 Å². The predicted molar refractivity (Wildman–Crippen MR) is 91.9 cm³/mol. The van der Waals surface area contributed by atoms with E-state index in [1.54, 1.807) is 13.0 Å². The maximum Gasteiger partial charge on any atom is 0.356 e. The molecule has 1 fully saturated rings. The summed E-state index contributed by atoms with van der Waals surface area (Å²) in [6.07, 6.45) is -0.413. The van der Waals surface area contributed by atoms with Gasteiger partial charge in [-0.3, -0.25) is 9.69 Å². The second-order valence-electron chi connectivity index (χ2n) is 5.51. The van der Waals surface area contributed by atoms with E-state index in [0.29, 0.717) is 42.2 Å². The molecule has 1 atom stereocenters. The monoisotopic (exact) mass is 370 g/mol. The van der Waals surface area contributed by atoms with E-state index in [1.807, 2.05) is 4.90 Å². The fourth-order valence-electron chi connectivity index (χ4n) is 2.65. The Morgan fingerprint density at radius 1 is 1.29 bits per heavy atom. The third kappa shape index (κ3) is 3.57. The largest absolute Gasteiger partial charge is 0.442 e. The molecule has 3 rings (SSSR count). The Labute approximate surface area is 148 Å². The lowest BCUT2D eigenvalue weighted by atomic mass is 10.2. The van der Waals surface area contributed by atoms with E-state index in [2.05, 4.69) is 4.98 Å². The van der Waals surface area contributed by atoms with E-state index in [4.69, 9.17) is 32.7 Å². The molecule has 1 aromatic heterocycles. The molecular formula is C16H16Cl2N2O4. The highest BCUT2D eigenvalue weighted by Gasteiger charge is 2.22. The van der Waals surface area contributed by atoms with E-state index >= 15 is 0 Å². The van der Waals surface area contributed by atoms with Crippen LogP contribution in [0, 0.1) is 0 Å². The van der Waals surface area contributed by atoms with Crippen LogP contribution in [-0.4, -0.2) is 48.4 Å². The Hall–Kier alpha value is -1.60. The SMILES string of the molecule is CC(OC(=O)c1cc(=O)c2c(Cl)cc(Cl)cc2[nH]1)N1CCOCC1. The topological polar surface area (TPSA) is 71.6 Å². The first-order valence-electron chi connectivity index (χ1n) is 7.50. The maximum absolute atomic E-state index is 12.3. The average molecular weight is 371 g/mol. The standard InChI is InChI=1S/C16H16Cl2N2O4/c1-9(20-2-4-23-5-3-20)24-16(22)13-8-14(21)15-11(18)6-10(17)7-12(15)19-13/h6-9H,2-5H2,1H3,(H,19,21). The number of hydrogen-bond donors (Lipinski definition) is 1. The molecule has 1 unspecified atom stereocenters. The number of H-pyrrole nitrogens is 1. The normalized spacial score (nSPS) is 17.0. The van der Waals surface area contributed by atoms with Gasteiger partial charge in [0, 0.05) is 24.2 Å². The molecule has 0 radical (unpaired) electrons. The minimum Gasteiger partial charge on any atom is -0.442 e. The number of nitrogens with zero attached hydrogens (tertiary/aromatic N) is 1. The summed E-state index contributed by atoms with van der Waals surface area (Å²) in [5.74, 6) is -0.607. The third-order valence-corrected chi connectivity index (χ3v) is 4.42. The van der Waals surface area contributed by atoms with Crippen molar-refractivity contribution in [2.45, 2.75) is 13.2 Å².